The average Bonchev–Trinajstić information content (AvgIpc) is 2.01. The summed E-state index contributed by atoms with van der Waals surface area (Å²) in [4.78, 5) is 0. The van der Waals surface area contributed by atoms with Crippen LogP contribution >= 0.6 is 23.2 Å². The van der Waals surface area contributed by atoms with Gasteiger partial charge in [-0.25, -0.2) is 4.39 Å². The minimum atomic E-state index is -0.494. The minimum absolute atomic E-state index is 0.0146. The number of halogens is 3. The van der Waals surface area contributed by atoms with Crippen LogP contribution in [0.3, 0.4) is 0 Å². The van der Waals surface area contributed by atoms with Crippen molar-refractivity contribution in [3.8, 4) is 0 Å². The molecule has 0 fully saturated rings. The third kappa shape index (κ3) is 2.08. The van der Waals surface area contributed by atoms with Gasteiger partial charge >= 0.3 is 0 Å². The van der Waals surface area contributed by atoms with Gasteiger partial charge in [-0.05, 0) is 17.7 Å². The number of rotatable bonds is 2. The molecule has 0 radical (unpaired) electrons. The number of hydrogen-bond acceptors (Lipinski definition) is 2. The lowest BCUT2D eigenvalue weighted by Crippen LogP contribution is -2.21. The zero-order valence-corrected chi connectivity index (χ0v) is 7.58. The first-order chi connectivity index (χ1) is 5.65. The van der Waals surface area contributed by atoms with Gasteiger partial charge in [0.05, 0.1) is 5.02 Å². The summed E-state index contributed by atoms with van der Waals surface area (Å²) < 4.78 is 12.8. The molecule has 0 saturated heterocycles. The number of hydrazine groups is 1. The van der Waals surface area contributed by atoms with E-state index in [2.05, 4.69) is 5.43 Å². The molecule has 0 unspecified atom stereocenters. The molecule has 0 aliphatic rings. The monoisotopic (exact) mass is 208 g/mol. The van der Waals surface area contributed by atoms with Crippen LogP contribution in [0.2, 0.25) is 10.0 Å². The Morgan fingerprint density at radius 1 is 1.33 bits per heavy atom. The summed E-state index contributed by atoms with van der Waals surface area (Å²) in [5.41, 5.74) is 2.96. The fourth-order valence-electron chi connectivity index (χ4n) is 0.809. The van der Waals surface area contributed by atoms with E-state index in [9.17, 15) is 4.39 Å². The van der Waals surface area contributed by atoms with E-state index in [1.165, 1.54) is 12.1 Å². The van der Waals surface area contributed by atoms with Gasteiger partial charge in [0, 0.05) is 11.6 Å². The molecule has 0 bridgehead atoms. The molecule has 66 valence electrons. The zero-order chi connectivity index (χ0) is 9.14. The predicted molar refractivity (Wildman–Crippen MR) is 47.4 cm³/mol. The van der Waals surface area contributed by atoms with Crippen molar-refractivity contribution in [2.45, 2.75) is 6.54 Å². The van der Waals surface area contributed by atoms with Crippen molar-refractivity contribution in [3.63, 3.8) is 0 Å². The minimum Gasteiger partial charge on any atom is -0.271 e. The van der Waals surface area contributed by atoms with Gasteiger partial charge in [0.25, 0.3) is 0 Å². The molecule has 1 rings (SSSR count). The number of nitrogens with one attached hydrogen (secondary N) is 1. The fourth-order valence-corrected chi connectivity index (χ4v) is 1.26. The molecule has 1 aromatic carbocycles. The van der Waals surface area contributed by atoms with Crippen LogP contribution in [0.15, 0.2) is 12.1 Å². The second kappa shape index (κ2) is 4.05. The van der Waals surface area contributed by atoms with Crippen LogP contribution < -0.4 is 11.3 Å². The Hall–Kier alpha value is -0.350. The second-order valence-electron chi connectivity index (χ2n) is 2.24. The number of nitrogens with two attached hydrogens (primary N) is 1. The van der Waals surface area contributed by atoms with E-state index in [4.69, 9.17) is 29.0 Å². The van der Waals surface area contributed by atoms with Crippen molar-refractivity contribution in [1.82, 2.24) is 5.43 Å². The van der Waals surface area contributed by atoms with Crippen LogP contribution in [-0.2, 0) is 6.54 Å². The molecule has 0 aliphatic carbocycles. The molecule has 0 atom stereocenters. The Morgan fingerprint density at radius 2 is 2.00 bits per heavy atom. The summed E-state index contributed by atoms with van der Waals surface area (Å²) in [5.74, 6) is 4.56. The van der Waals surface area contributed by atoms with Crippen LogP contribution in [0, 0.1) is 5.82 Å². The van der Waals surface area contributed by atoms with Crippen LogP contribution in [-0.4, -0.2) is 0 Å². The molecule has 5 heteroatoms. The van der Waals surface area contributed by atoms with Crippen molar-refractivity contribution in [1.29, 1.82) is 0 Å². The number of benzene rings is 1. The third-order valence-corrected chi connectivity index (χ3v) is 2.02. The summed E-state index contributed by atoms with van der Waals surface area (Å²) in [7, 11) is 0. The summed E-state index contributed by atoms with van der Waals surface area (Å²) in [6.07, 6.45) is 0. The Balaban J connectivity index is 3.05. The molecule has 1 aromatic rings. The first kappa shape index (κ1) is 9.74. The fraction of sp³-hybridized carbons (Fsp3) is 0.143. The second-order valence-corrected chi connectivity index (χ2v) is 3.05. The van der Waals surface area contributed by atoms with Crippen molar-refractivity contribution in [2.24, 2.45) is 5.84 Å². The van der Waals surface area contributed by atoms with Crippen molar-refractivity contribution >= 4 is 23.2 Å². The molecule has 0 amide bonds. The molecule has 0 aliphatic heterocycles. The highest BCUT2D eigenvalue weighted by Crippen LogP contribution is 2.23. The van der Waals surface area contributed by atoms with Crippen LogP contribution in [0.1, 0.15) is 5.56 Å². The molecular weight excluding hydrogens is 202 g/mol. The smallest absolute Gasteiger partial charge is 0.142 e. The largest absolute Gasteiger partial charge is 0.271 e. The Kier molecular flexibility index (Phi) is 3.29. The SMILES string of the molecule is NNCc1cc(F)c(Cl)cc1Cl. The molecule has 0 heterocycles. The predicted octanol–water partition coefficient (Wildman–Crippen LogP) is 2.10. The van der Waals surface area contributed by atoms with Gasteiger partial charge in [-0.3, -0.25) is 11.3 Å². The Labute approximate surface area is 79.4 Å². The molecule has 3 N–H and O–H groups in total. The maximum atomic E-state index is 12.8. The lowest BCUT2D eigenvalue weighted by molar-refractivity contribution is 0.622. The van der Waals surface area contributed by atoms with E-state index in [0.717, 1.165) is 0 Å². The van der Waals surface area contributed by atoms with Crippen LogP contribution in [0.5, 0.6) is 0 Å². The van der Waals surface area contributed by atoms with E-state index in [-0.39, 0.29) is 5.02 Å². The van der Waals surface area contributed by atoms with Gasteiger partial charge in [0.2, 0.25) is 0 Å². The number of hydrogen-bond donors (Lipinski definition) is 2. The maximum Gasteiger partial charge on any atom is 0.142 e. The van der Waals surface area contributed by atoms with Crippen molar-refractivity contribution < 1.29 is 4.39 Å². The summed E-state index contributed by atoms with van der Waals surface area (Å²) in [6.45, 7) is 0.312. The topological polar surface area (TPSA) is 38.0 Å². The molecular formula is C7H7Cl2FN2. The average molecular weight is 209 g/mol. The lowest BCUT2D eigenvalue weighted by atomic mass is 10.2. The van der Waals surface area contributed by atoms with Gasteiger partial charge in [-0.2, -0.15) is 0 Å². The highest BCUT2D eigenvalue weighted by atomic mass is 35.5. The lowest BCUT2D eigenvalue weighted by Gasteiger charge is -2.03. The molecule has 0 aromatic heterocycles. The van der Waals surface area contributed by atoms with Gasteiger partial charge in [-0.15, -0.1) is 0 Å². The normalized spacial score (nSPS) is 10.3. The van der Waals surface area contributed by atoms with E-state index >= 15 is 0 Å². The molecule has 0 saturated carbocycles. The summed E-state index contributed by atoms with van der Waals surface area (Å²) in [5, 5.41) is 0.417. The molecule has 0 spiro atoms. The summed E-state index contributed by atoms with van der Waals surface area (Å²) in [6, 6.07) is 2.61. The van der Waals surface area contributed by atoms with Crippen LogP contribution in [0.4, 0.5) is 4.39 Å². The maximum absolute atomic E-state index is 12.8. The molecule has 2 nitrogen and oxygen atoms in total. The van der Waals surface area contributed by atoms with Gasteiger partial charge < -0.3 is 0 Å². The zero-order valence-electron chi connectivity index (χ0n) is 6.07. The Bertz CT molecular complexity index is 291. The first-order valence-corrected chi connectivity index (χ1v) is 3.97. The van der Waals surface area contributed by atoms with Crippen LogP contribution in [0.25, 0.3) is 0 Å². The van der Waals surface area contributed by atoms with Gasteiger partial charge in [-0.1, -0.05) is 23.2 Å². The Morgan fingerprint density at radius 3 is 2.58 bits per heavy atom. The van der Waals surface area contributed by atoms with Crippen molar-refractivity contribution in [3.05, 3.63) is 33.6 Å². The third-order valence-electron chi connectivity index (χ3n) is 1.38. The highest BCUT2D eigenvalue weighted by Gasteiger charge is 2.05. The highest BCUT2D eigenvalue weighted by molar-refractivity contribution is 6.35. The quantitative estimate of drug-likeness (QED) is 0.444. The van der Waals surface area contributed by atoms with E-state index in [1.807, 2.05) is 0 Å². The summed E-state index contributed by atoms with van der Waals surface area (Å²) >= 11 is 11.2. The van der Waals surface area contributed by atoms with Gasteiger partial charge in [0.15, 0.2) is 0 Å². The van der Waals surface area contributed by atoms with E-state index in [1.54, 1.807) is 0 Å². The first-order valence-electron chi connectivity index (χ1n) is 3.22. The van der Waals surface area contributed by atoms with Crippen molar-refractivity contribution in [2.75, 3.05) is 0 Å². The van der Waals surface area contributed by atoms with E-state index < -0.39 is 5.82 Å². The standard InChI is InChI=1S/C7H7Cl2FN2/c8-5-2-6(9)7(10)1-4(5)3-12-11/h1-2,12H,3,11H2. The molecule has 12 heavy (non-hydrogen) atoms. The van der Waals surface area contributed by atoms with E-state index in [0.29, 0.717) is 17.1 Å². The van der Waals surface area contributed by atoms with Gasteiger partial charge in [0.1, 0.15) is 5.82 Å².